The molecule has 1 atom stereocenters. The van der Waals surface area contributed by atoms with Crippen LogP contribution in [0, 0.1) is 0 Å². The van der Waals surface area contributed by atoms with Crippen molar-refractivity contribution in [1.29, 1.82) is 0 Å². The first-order chi connectivity index (χ1) is 8.09. The fraction of sp³-hybridized carbons (Fsp3) is 0.455. The fourth-order valence-electron chi connectivity index (χ4n) is 1.49. The number of hydrogen-bond donors (Lipinski definition) is 0. The fourth-order valence-corrected chi connectivity index (χ4v) is 3.97. The first-order valence-electron chi connectivity index (χ1n) is 5.35. The summed E-state index contributed by atoms with van der Waals surface area (Å²) in [6.45, 7) is 2.98. The molecule has 0 fully saturated rings. The molecule has 0 amide bonds. The van der Waals surface area contributed by atoms with Crippen molar-refractivity contribution in [2.24, 2.45) is 0 Å². The topological polar surface area (TPSA) is 0 Å². The Morgan fingerprint density at radius 3 is 2.22 bits per heavy atom. The van der Waals surface area contributed by atoms with Gasteiger partial charge in [0.1, 0.15) is 0 Å². The smallest absolute Gasteiger partial charge is 0.264 e. The third-order valence-electron chi connectivity index (χ3n) is 2.84. The summed E-state index contributed by atoms with van der Waals surface area (Å²) in [6, 6.07) is 2.47. The van der Waals surface area contributed by atoms with Gasteiger partial charge in [-0.1, -0.05) is 36.2 Å². The van der Waals surface area contributed by atoms with Gasteiger partial charge in [0.05, 0.1) is 5.56 Å². The molecule has 0 aromatic heterocycles. The van der Waals surface area contributed by atoms with E-state index >= 15 is 0 Å². The summed E-state index contributed by atoms with van der Waals surface area (Å²) < 4.78 is 65.8. The standard InChI is InChI=1S/C11H12BrF5Si/c1-3-7(2)18(16,17)10-5-8(11(13,14)15)4-9(12)6-10/h4-7H,3H2,1-2H3. The monoisotopic (exact) mass is 346 g/mol. The number of rotatable bonds is 3. The van der Waals surface area contributed by atoms with Gasteiger partial charge in [0.25, 0.3) is 0 Å². The highest BCUT2D eigenvalue weighted by atomic mass is 79.9. The molecule has 0 aliphatic rings. The number of hydrogen-bond acceptors (Lipinski definition) is 0. The van der Waals surface area contributed by atoms with Crippen LogP contribution in [0.15, 0.2) is 22.7 Å². The van der Waals surface area contributed by atoms with Crippen molar-refractivity contribution in [2.45, 2.75) is 32.0 Å². The molecule has 18 heavy (non-hydrogen) atoms. The number of halogens is 6. The summed E-state index contributed by atoms with van der Waals surface area (Å²) in [6.07, 6.45) is -4.37. The van der Waals surface area contributed by atoms with Gasteiger partial charge in [0.2, 0.25) is 0 Å². The molecule has 0 aliphatic heterocycles. The second-order valence-electron chi connectivity index (χ2n) is 4.16. The van der Waals surface area contributed by atoms with Crippen LogP contribution < -0.4 is 5.19 Å². The average Bonchev–Trinajstić information content (AvgIpc) is 2.25. The predicted molar refractivity (Wildman–Crippen MR) is 66.5 cm³/mol. The van der Waals surface area contributed by atoms with Crippen LogP contribution in [0.2, 0.25) is 5.54 Å². The zero-order valence-corrected chi connectivity index (χ0v) is 12.4. The summed E-state index contributed by atoms with van der Waals surface area (Å²) in [4.78, 5) is 0. The molecule has 0 bridgehead atoms. The molecule has 1 aromatic carbocycles. The lowest BCUT2D eigenvalue weighted by molar-refractivity contribution is -0.137. The SMILES string of the molecule is CCC(C)[Si](F)(F)c1cc(Br)cc(C(F)(F)F)c1. The third kappa shape index (κ3) is 3.31. The Bertz CT molecular complexity index is 430. The van der Waals surface area contributed by atoms with Crippen molar-refractivity contribution in [2.75, 3.05) is 0 Å². The van der Waals surface area contributed by atoms with Crippen LogP contribution in [0.3, 0.4) is 0 Å². The van der Waals surface area contributed by atoms with E-state index < -0.39 is 31.2 Å². The molecule has 0 N–H and O–H groups in total. The van der Waals surface area contributed by atoms with Crippen molar-refractivity contribution >= 4 is 29.9 Å². The Hall–Kier alpha value is -0.433. The Labute approximate surface area is 112 Å². The minimum atomic E-state index is -4.85. The Morgan fingerprint density at radius 2 is 1.78 bits per heavy atom. The van der Waals surface area contributed by atoms with Crippen LogP contribution >= 0.6 is 15.9 Å². The predicted octanol–water partition coefficient (Wildman–Crippen LogP) is 4.86. The minimum absolute atomic E-state index is 0.0304. The normalized spacial score (nSPS) is 14.7. The highest BCUT2D eigenvalue weighted by molar-refractivity contribution is 9.10. The molecule has 1 unspecified atom stereocenters. The Kier molecular flexibility index (Phi) is 4.59. The molecular weight excluding hydrogens is 335 g/mol. The van der Waals surface area contributed by atoms with Crippen molar-refractivity contribution in [3.05, 3.63) is 28.2 Å². The lowest BCUT2D eigenvalue weighted by Gasteiger charge is -2.21. The summed E-state index contributed by atoms with van der Waals surface area (Å²) in [5, 5.41) is -0.474. The van der Waals surface area contributed by atoms with E-state index in [2.05, 4.69) is 15.9 Å². The van der Waals surface area contributed by atoms with E-state index in [1.165, 1.54) is 6.92 Å². The van der Waals surface area contributed by atoms with Crippen molar-refractivity contribution in [3.63, 3.8) is 0 Å². The highest BCUT2D eigenvalue weighted by Crippen LogP contribution is 2.33. The number of alkyl halides is 3. The molecule has 0 spiro atoms. The minimum Gasteiger partial charge on any atom is -0.264 e. The molecular formula is C11H12BrF5Si. The molecule has 0 saturated carbocycles. The van der Waals surface area contributed by atoms with Crippen LogP contribution in [-0.4, -0.2) is 8.74 Å². The molecule has 1 rings (SSSR count). The lowest BCUT2D eigenvalue weighted by atomic mass is 10.2. The van der Waals surface area contributed by atoms with E-state index in [0.717, 1.165) is 12.1 Å². The van der Waals surface area contributed by atoms with Crippen molar-refractivity contribution < 1.29 is 21.4 Å². The van der Waals surface area contributed by atoms with Gasteiger partial charge in [-0.25, -0.2) is 0 Å². The molecule has 0 saturated heterocycles. The van der Waals surface area contributed by atoms with Gasteiger partial charge in [0, 0.05) is 15.2 Å². The molecule has 1 aromatic rings. The van der Waals surface area contributed by atoms with E-state index in [9.17, 15) is 21.4 Å². The second-order valence-corrected chi connectivity index (χ2v) is 7.88. The van der Waals surface area contributed by atoms with Crippen molar-refractivity contribution in [1.82, 2.24) is 0 Å². The van der Waals surface area contributed by atoms with E-state index in [1.54, 1.807) is 6.92 Å². The van der Waals surface area contributed by atoms with E-state index in [0.29, 0.717) is 6.07 Å². The molecule has 0 aliphatic carbocycles. The first kappa shape index (κ1) is 15.6. The second kappa shape index (κ2) is 5.28. The van der Waals surface area contributed by atoms with Gasteiger partial charge in [0.15, 0.2) is 0 Å². The van der Waals surface area contributed by atoms with Crippen LogP contribution in [0.1, 0.15) is 25.8 Å². The summed E-state index contributed by atoms with van der Waals surface area (Å²) >= 11 is 2.86. The first-order valence-corrected chi connectivity index (χ1v) is 7.97. The van der Waals surface area contributed by atoms with Gasteiger partial charge >= 0.3 is 14.9 Å². The van der Waals surface area contributed by atoms with Gasteiger partial charge in [-0.05, 0) is 18.2 Å². The summed E-state index contributed by atoms with van der Waals surface area (Å²) in [5.74, 6) is 0. The van der Waals surface area contributed by atoms with Gasteiger partial charge in [-0.3, -0.25) is 8.22 Å². The summed E-state index contributed by atoms with van der Waals surface area (Å²) in [7, 11) is -4.85. The molecule has 0 heterocycles. The van der Waals surface area contributed by atoms with E-state index in [4.69, 9.17) is 0 Å². The van der Waals surface area contributed by atoms with Gasteiger partial charge in [-0.2, -0.15) is 13.2 Å². The third-order valence-corrected chi connectivity index (χ3v) is 6.00. The Balaban J connectivity index is 3.30. The molecule has 7 heteroatoms. The Morgan fingerprint density at radius 1 is 1.22 bits per heavy atom. The lowest BCUT2D eigenvalue weighted by Crippen LogP contribution is -2.43. The zero-order chi connectivity index (χ0) is 14.1. The van der Waals surface area contributed by atoms with E-state index in [1.807, 2.05) is 0 Å². The van der Waals surface area contributed by atoms with Crippen molar-refractivity contribution in [3.8, 4) is 0 Å². The van der Waals surface area contributed by atoms with Crippen LogP contribution in [0.4, 0.5) is 21.4 Å². The maximum Gasteiger partial charge on any atom is 0.458 e. The largest absolute Gasteiger partial charge is 0.458 e. The number of benzene rings is 1. The van der Waals surface area contributed by atoms with E-state index in [-0.39, 0.29) is 10.9 Å². The maximum atomic E-state index is 14.0. The molecule has 0 radical (unpaired) electrons. The average molecular weight is 347 g/mol. The van der Waals surface area contributed by atoms with Crippen LogP contribution in [-0.2, 0) is 6.18 Å². The maximum absolute atomic E-state index is 14.0. The van der Waals surface area contributed by atoms with Crippen LogP contribution in [0.5, 0.6) is 0 Å². The van der Waals surface area contributed by atoms with Gasteiger partial charge < -0.3 is 0 Å². The van der Waals surface area contributed by atoms with Crippen LogP contribution in [0.25, 0.3) is 0 Å². The quantitative estimate of drug-likeness (QED) is 0.416. The highest BCUT2D eigenvalue weighted by Gasteiger charge is 2.45. The summed E-state index contributed by atoms with van der Waals surface area (Å²) in [5.41, 5.74) is -1.92. The molecule has 0 nitrogen and oxygen atoms in total. The van der Waals surface area contributed by atoms with Gasteiger partial charge in [-0.15, -0.1) is 0 Å². The zero-order valence-electron chi connectivity index (χ0n) is 9.78. The molecule has 102 valence electrons.